The number of rotatable bonds is 9. The molecular formula is C20H19BO5. The van der Waals surface area contributed by atoms with Gasteiger partial charge in [-0.2, -0.15) is 0 Å². The molecule has 0 saturated carbocycles. The van der Waals surface area contributed by atoms with Crippen LogP contribution in [0.15, 0.2) is 61.2 Å². The fraction of sp³-hybridized carbons (Fsp3) is 0.200. The van der Waals surface area contributed by atoms with Crippen LogP contribution in [0.3, 0.4) is 0 Å². The van der Waals surface area contributed by atoms with Crippen molar-refractivity contribution in [2.45, 2.75) is 12.8 Å². The smallest absolute Gasteiger partial charge is 0.343 e. The van der Waals surface area contributed by atoms with E-state index in [1.165, 1.54) is 0 Å². The monoisotopic (exact) mass is 350 g/mol. The molecule has 5 nitrogen and oxygen atoms in total. The van der Waals surface area contributed by atoms with E-state index in [-0.39, 0.29) is 0 Å². The first-order valence-corrected chi connectivity index (χ1v) is 8.18. The molecule has 0 heterocycles. The maximum atomic E-state index is 12.1. The lowest BCUT2D eigenvalue weighted by molar-refractivity contribution is -0.137. The molecule has 0 aliphatic heterocycles. The van der Waals surface area contributed by atoms with E-state index in [4.69, 9.17) is 22.1 Å². The van der Waals surface area contributed by atoms with Crippen LogP contribution in [0.2, 0.25) is 0 Å². The highest BCUT2D eigenvalue weighted by Gasteiger charge is 2.08. The summed E-state index contributed by atoms with van der Waals surface area (Å²) >= 11 is 0. The van der Waals surface area contributed by atoms with Gasteiger partial charge in [0.2, 0.25) is 0 Å². The molecule has 0 saturated heterocycles. The normalized spacial score (nSPS) is 10.0. The Morgan fingerprint density at radius 3 is 2.19 bits per heavy atom. The minimum absolute atomic E-state index is 0.337. The number of ether oxygens (including phenoxy) is 3. The number of hydrogen-bond acceptors (Lipinski definition) is 5. The van der Waals surface area contributed by atoms with Crippen LogP contribution in [-0.2, 0) is 9.53 Å². The van der Waals surface area contributed by atoms with Crippen molar-refractivity contribution in [3.05, 3.63) is 66.7 Å². The fourth-order valence-electron chi connectivity index (χ4n) is 2.01. The van der Waals surface area contributed by atoms with E-state index in [9.17, 15) is 9.59 Å². The Kier molecular flexibility index (Phi) is 7.49. The second-order valence-electron chi connectivity index (χ2n) is 5.41. The Labute approximate surface area is 154 Å². The molecule has 6 heteroatoms. The molecule has 0 fully saturated rings. The minimum Gasteiger partial charge on any atom is -0.494 e. The first-order chi connectivity index (χ1) is 12.6. The van der Waals surface area contributed by atoms with E-state index in [1.807, 2.05) is 0 Å². The quantitative estimate of drug-likeness (QED) is 0.229. The summed E-state index contributed by atoms with van der Waals surface area (Å²) in [5.74, 6) is 0.205. The summed E-state index contributed by atoms with van der Waals surface area (Å²) in [5, 5.41) is 0. The van der Waals surface area contributed by atoms with E-state index in [0.29, 0.717) is 42.2 Å². The van der Waals surface area contributed by atoms with Crippen LogP contribution in [0.4, 0.5) is 0 Å². The molecule has 0 atom stereocenters. The van der Waals surface area contributed by atoms with E-state index < -0.39 is 11.9 Å². The lowest BCUT2D eigenvalue weighted by atomic mass is 9.97. The Hall–Kier alpha value is -3.02. The van der Waals surface area contributed by atoms with Crippen molar-refractivity contribution in [3.8, 4) is 11.5 Å². The van der Waals surface area contributed by atoms with Crippen LogP contribution in [0.25, 0.3) is 0 Å². The molecular weight excluding hydrogens is 331 g/mol. The minimum atomic E-state index is -0.453. The largest absolute Gasteiger partial charge is 0.494 e. The van der Waals surface area contributed by atoms with Crippen LogP contribution in [0.5, 0.6) is 11.5 Å². The molecule has 0 aromatic heterocycles. The summed E-state index contributed by atoms with van der Waals surface area (Å²) in [4.78, 5) is 22.9. The van der Waals surface area contributed by atoms with Crippen LogP contribution in [-0.4, -0.2) is 33.0 Å². The summed E-state index contributed by atoms with van der Waals surface area (Å²) in [6.07, 6.45) is 2.58. The second-order valence-corrected chi connectivity index (χ2v) is 5.41. The maximum Gasteiger partial charge on any atom is 0.343 e. The molecule has 26 heavy (non-hydrogen) atoms. The lowest BCUT2D eigenvalue weighted by Gasteiger charge is -2.08. The van der Waals surface area contributed by atoms with Gasteiger partial charge in [-0.1, -0.05) is 24.2 Å². The highest BCUT2D eigenvalue weighted by atomic mass is 16.5. The topological polar surface area (TPSA) is 61.8 Å². The van der Waals surface area contributed by atoms with Crippen molar-refractivity contribution in [2.75, 3.05) is 13.2 Å². The third-order valence-corrected chi connectivity index (χ3v) is 3.40. The molecule has 0 bridgehead atoms. The third-order valence-electron chi connectivity index (χ3n) is 3.40. The number of carbonyl (C=O) groups excluding carboxylic acids is 2. The van der Waals surface area contributed by atoms with Gasteiger partial charge in [-0.15, -0.1) is 0 Å². The van der Waals surface area contributed by atoms with Gasteiger partial charge in [-0.3, -0.25) is 0 Å². The SMILES string of the molecule is [B]c1ccc(OC(=O)c2ccc(OCCCCOC(=O)C=C)cc2)cc1. The third kappa shape index (κ3) is 6.47. The van der Waals surface area contributed by atoms with Crippen LogP contribution in [0.1, 0.15) is 23.2 Å². The molecule has 0 spiro atoms. The number of unbranched alkanes of at least 4 members (excludes halogenated alkanes) is 1. The standard InChI is InChI=1S/C20H19BO5/c1-2-19(22)25-14-4-3-13-24-17-9-5-15(6-10-17)20(23)26-18-11-7-16(21)8-12-18/h2,5-12H,1,3-4,13-14H2. The number of carbonyl (C=O) groups is 2. The zero-order chi connectivity index (χ0) is 18.8. The molecule has 0 N–H and O–H groups in total. The zero-order valence-corrected chi connectivity index (χ0v) is 14.4. The van der Waals surface area contributed by atoms with Gasteiger partial charge in [0.15, 0.2) is 0 Å². The van der Waals surface area contributed by atoms with Crippen LogP contribution < -0.4 is 14.9 Å². The number of benzene rings is 2. The summed E-state index contributed by atoms with van der Waals surface area (Å²) in [6.45, 7) is 4.15. The molecule has 0 amide bonds. The molecule has 0 aliphatic rings. The van der Waals surface area contributed by atoms with Gasteiger partial charge in [0.05, 0.1) is 18.8 Å². The second kappa shape index (κ2) is 10.1. The van der Waals surface area contributed by atoms with Gasteiger partial charge in [0, 0.05) is 6.08 Å². The highest BCUT2D eigenvalue weighted by molar-refractivity contribution is 6.32. The molecule has 0 unspecified atom stereocenters. The predicted molar refractivity (Wildman–Crippen MR) is 99.1 cm³/mol. The van der Waals surface area contributed by atoms with Crippen molar-refractivity contribution in [1.82, 2.24) is 0 Å². The first-order valence-electron chi connectivity index (χ1n) is 8.18. The summed E-state index contributed by atoms with van der Waals surface area (Å²) < 4.78 is 15.7. The molecule has 2 radical (unpaired) electrons. The molecule has 132 valence electrons. The Morgan fingerprint density at radius 1 is 0.923 bits per heavy atom. The average Bonchev–Trinajstić information content (AvgIpc) is 2.66. The van der Waals surface area contributed by atoms with Crippen molar-refractivity contribution in [1.29, 1.82) is 0 Å². The zero-order valence-electron chi connectivity index (χ0n) is 14.4. The average molecular weight is 350 g/mol. The van der Waals surface area contributed by atoms with Crippen molar-refractivity contribution < 1.29 is 23.8 Å². The predicted octanol–water partition coefficient (Wildman–Crippen LogP) is 2.59. The maximum absolute atomic E-state index is 12.1. The van der Waals surface area contributed by atoms with Crippen LogP contribution >= 0.6 is 0 Å². The molecule has 2 rings (SSSR count). The van der Waals surface area contributed by atoms with Gasteiger partial charge in [-0.05, 0) is 49.2 Å². The molecule has 2 aromatic rings. The number of hydrogen-bond donors (Lipinski definition) is 0. The Balaban J connectivity index is 1.73. The van der Waals surface area contributed by atoms with Gasteiger partial charge in [-0.25, -0.2) is 9.59 Å². The first kappa shape index (κ1) is 19.3. The van der Waals surface area contributed by atoms with E-state index >= 15 is 0 Å². The van der Waals surface area contributed by atoms with Crippen molar-refractivity contribution in [2.24, 2.45) is 0 Å². The van der Waals surface area contributed by atoms with Crippen LogP contribution in [0, 0.1) is 0 Å². The van der Waals surface area contributed by atoms with E-state index in [0.717, 1.165) is 12.5 Å². The van der Waals surface area contributed by atoms with Gasteiger partial charge in [0.1, 0.15) is 19.3 Å². The van der Waals surface area contributed by atoms with Gasteiger partial charge in [0.25, 0.3) is 0 Å². The summed E-state index contributed by atoms with van der Waals surface area (Å²) in [7, 11) is 5.59. The highest BCUT2D eigenvalue weighted by Crippen LogP contribution is 2.15. The Bertz CT molecular complexity index is 738. The lowest BCUT2D eigenvalue weighted by Crippen LogP contribution is -2.09. The Morgan fingerprint density at radius 2 is 1.54 bits per heavy atom. The van der Waals surface area contributed by atoms with E-state index in [1.54, 1.807) is 48.5 Å². The van der Waals surface area contributed by atoms with E-state index in [2.05, 4.69) is 6.58 Å². The summed E-state index contributed by atoms with van der Waals surface area (Å²) in [5.41, 5.74) is 1.02. The van der Waals surface area contributed by atoms with Crippen molar-refractivity contribution in [3.63, 3.8) is 0 Å². The molecule has 2 aromatic carbocycles. The fourth-order valence-corrected chi connectivity index (χ4v) is 2.01. The summed E-state index contributed by atoms with van der Waals surface area (Å²) in [6, 6.07) is 13.3. The number of esters is 2. The molecule has 0 aliphatic carbocycles. The van der Waals surface area contributed by atoms with Gasteiger partial charge >= 0.3 is 11.9 Å². The van der Waals surface area contributed by atoms with Crippen molar-refractivity contribution >= 4 is 25.2 Å². The van der Waals surface area contributed by atoms with Gasteiger partial charge < -0.3 is 14.2 Å².